The van der Waals surface area contributed by atoms with Crippen LogP contribution in [0.5, 0.6) is 5.75 Å². The largest absolute Gasteiger partial charge is 0.482 e. The van der Waals surface area contributed by atoms with Crippen LogP contribution in [0.2, 0.25) is 0 Å². The standard InChI is InChI=1S/C24H28FN7O/c1-4-17(20(27)9-26)23-14-7-21(24(29)32-11-14)33-13(2)19-8-16(25)5-6-18(19)22(28)15(10-30-3)12-31-23/h5-8,10-11,13,20,31H,4,12,27-28H2,1-3H3,(H2,29,32)/b22-15?,23-17-,30-10?/t13-,20?/m1/s1. The molecule has 33 heavy (non-hydrogen) atoms. The maximum atomic E-state index is 14.2. The van der Waals surface area contributed by atoms with Gasteiger partial charge in [0.05, 0.1) is 6.07 Å². The molecular weight excluding hydrogens is 421 g/mol. The third kappa shape index (κ3) is 4.96. The van der Waals surface area contributed by atoms with E-state index < -0.39 is 18.0 Å². The molecule has 3 rings (SSSR count). The van der Waals surface area contributed by atoms with Gasteiger partial charge < -0.3 is 27.3 Å². The molecule has 0 amide bonds. The van der Waals surface area contributed by atoms with E-state index in [0.717, 1.165) is 0 Å². The van der Waals surface area contributed by atoms with Crippen molar-refractivity contribution in [1.82, 2.24) is 10.3 Å². The molecule has 9 heteroatoms. The molecule has 0 aliphatic carbocycles. The smallest absolute Gasteiger partial charge is 0.166 e. The fourth-order valence-corrected chi connectivity index (χ4v) is 3.81. The van der Waals surface area contributed by atoms with Gasteiger partial charge in [-0.3, -0.25) is 4.99 Å². The van der Waals surface area contributed by atoms with Crippen molar-refractivity contribution in [2.45, 2.75) is 32.4 Å². The lowest BCUT2D eigenvalue weighted by Gasteiger charge is -2.24. The Hall–Kier alpha value is -3.90. The van der Waals surface area contributed by atoms with Crippen LogP contribution in [0, 0.1) is 17.1 Å². The number of halogens is 1. The van der Waals surface area contributed by atoms with E-state index in [9.17, 15) is 9.65 Å². The number of aliphatic imine (C=N–C) groups is 1. The maximum absolute atomic E-state index is 14.2. The highest BCUT2D eigenvalue weighted by molar-refractivity contribution is 5.91. The number of benzene rings is 1. The van der Waals surface area contributed by atoms with Crippen LogP contribution in [0.1, 0.15) is 43.1 Å². The molecule has 2 aromatic rings. The number of fused-ring (bicyclic) bond motifs is 3. The minimum atomic E-state index is -0.820. The average molecular weight is 450 g/mol. The number of nitrogen functional groups attached to an aromatic ring is 1. The monoisotopic (exact) mass is 449 g/mol. The van der Waals surface area contributed by atoms with Crippen LogP contribution in [0.3, 0.4) is 0 Å². The first-order valence-corrected chi connectivity index (χ1v) is 10.6. The molecule has 2 bridgehead atoms. The molecule has 2 atom stereocenters. The van der Waals surface area contributed by atoms with Gasteiger partial charge in [-0.1, -0.05) is 6.92 Å². The van der Waals surface area contributed by atoms with Gasteiger partial charge in [0.15, 0.2) is 11.6 Å². The summed E-state index contributed by atoms with van der Waals surface area (Å²) in [6.07, 6.45) is 3.19. The topological polar surface area (TPSA) is 148 Å². The van der Waals surface area contributed by atoms with Gasteiger partial charge in [-0.2, -0.15) is 5.26 Å². The number of hydrogen-bond acceptors (Lipinski definition) is 8. The zero-order valence-corrected chi connectivity index (χ0v) is 18.9. The quantitative estimate of drug-likeness (QED) is 0.526. The van der Waals surface area contributed by atoms with Crippen LogP contribution in [0.15, 0.2) is 46.6 Å². The Kier molecular flexibility index (Phi) is 7.30. The number of nitriles is 1. The van der Waals surface area contributed by atoms with Gasteiger partial charge in [-0.25, -0.2) is 9.37 Å². The number of nitrogens with zero attached hydrogens (tertiary/aromatic N) is 3. The van der Waals surface area contributed by atoms with Gasteiger partial charge in [0.1, 0.15) is 18.0 Å². The van der Waals surface area contributed by atoms with E-state index in [-0.39, 0.29) is 12.4 Å². The SMILES string of the molecule is CC/C(=C1/NCC(C=NC)=C(N)c2ccc(F)cc2[C@@H](C)Oc2cc1cnc2N)C(N)C#N. The lowest BCUT2D eigenvalue weighted by molar-refractivity contribution is 0.226. The predicted molar refractivity (Wildman–Crippen MR) is 128 cm³/mol. The van der Waals surface area contributed by atoms with Gasteiger partial charge >= 0.3 is 0 Å². The number of anilines is 1. The van der Waals surface area contributed by atoms with Crippen molar-refractivity contribution in [3.05, 3.63) is 64.1 Å². The molecule has 172 valence electrons. The Labute approximate surface area is 192 Å². The van der Waals surface area contributed by atoms with Crippen LogP contribution < -0.4 is 27.3 Å². The second-order valence-corrected chi connectivity index (χ2v) is 7.64. The second-order valence-electron chi connectivity index (χ2n) is 7.64. The number of nitrogens with one attached hydrogen (secondary N) is 1. The zero-order chi connectivity index (χ0) is 24.1. The number of pyridine rings is 1. The van der Waals surface area contributed by atoms with Crippen LogP contribution in [-0.2, 0) is 0 Å². The number of ether oxygens (including phenoxy) is 1. The van der Waals surface area contributed by atoms with Crippen molar-refractivity contribution in [2.75, 3.05) is 19.3 Å². The lowest BCUT2D eigenvalue weighted by atomic mass is 9.96. The van der Waals surface area contributed by atoms with Gasteiger partial charge in [0.2, 0.25) is 0 Å². The van der Waals surface area contributed by atoms with Crippen molar-refractivity contribution in [2.24, 2.45) is 16.5 Å². The molecule has 7 N–H and O–H groups in total. The first-order valence-electron chi connectivity index (χ1n) is 10.6. The summed E-state index contributed by atoms with van der Waals surface area (Å²) in [5, 5.41) is 12.8. The Balaban J connectivity index is 2.31. The summed E-state index contributed by atoms with van der Waals surface area (Å²) in [6, 6.07) is 7.38. The highest BCUT2D eigenvalue weighted by Gasteiger charge is 2.22. The molecule has 1 unspecified atom stereocenters. The van der Waals surface area contributed by atoms with Crippen molar-refractivity contribution in [3.8, 4) is 11.8 Å². The van der Waals surface area contributed by atoms with Crippen molar-refractivity contribution < 1.29 is 9.13 Å². The van der Waals surface area contributed by atoms with Gasteiger partial charge in [0.25, 0.3) is 0 Å². The van der Waals surface area contributed by atoms with Crippen LogP contribution >= 0.6 is 0 Å². The molecule has 2 heterocycles. The molecule has 0 saturated heterocycles. The summed E-state index contributed by atoms with van der Waals surface area (Å²) < 4.78 is 20.3. The molecule has 1 aromatic heterocycles. The van der Waals surface area contributed by atoms with E-state index >= 15 is 0 Å². The fraction of sp³-hybridized carbons (Fsp3) is 0.292. The summed E-state index contributed by atoms with van der Waals surface area (Å²) in [5.41, 5.74) is 23.0. The first-order chi connectivity index (χ1) is 15.8. The fourth-order valence-electron chi connectivity index (χ4n) is 3.81. The molecule has 1 aliphatic heterocycles. The average Bonchev–Trinajstić information content (AvgIpc) is 2.80. The molecule has 0 saturated carbocycles. The molecule has 0 radical (unpaired) electrons. The van der Waals surface area contributed by atoms with E-state index in [1.165, 1.54) is 12.1 Å². The summed E-state index contributed by atoms with van der Waals surface area (Å²) in [4.78, 5) is 8.41. The zero-order valence-electron chi connectivity index (χ0n) is 18.9. The Morgan fingerprint density at radius 1 is 1.42 bits per heavy atom. The summed E-state index contributed by atoms with van der Waals surface area (Å²) >= 11 is 0. The first kappa shape index (κ1) is 23.8. The van der Waals surface area contributed by atoms with Crippen LogP contribution in [0.25, 0.3) is 11.4 Å². The van der Waals surface area contributed by atoms with E-state index in [2.05, 4.69) is 21.4 Å². The van der Waals surface area contributed by atoms with Crippen LogP contribution in [0.4, 0.5) is 10.2 Å². The number of hydrogen-bond donors (Lipinski definition) is 4. The Morgan fingerprint density at radius 3 is 2.85 bits per heavy atom. The number of nitrogens with two attached hydrogens (primary N) is 3. The maximum Gasteiger partial charge on any atom is 0.166 e. The highest BCUT2D eigenvalue weighted by atomic mass is 19.1. The van der Waals surface area contributed by atoms with Gasteiger partial charge in [-0.15, -0.1) is 0 Å². The minimum absolute atomic E-state index is 0.185. The summed E-state index contributed by atoms with van der Waals surface area (Å²) in [6.45, 7) is 3.99. The second kappa shape index (κ2) is 10.1. The number of rotatable bonds is 3. The minimum Gasteiger partial charge on any atom is -0.482 e. The Morgan fingerprint density at radius 2 is 2.18 bits per heavy atom. The molecule has 8 nitrogen and oxygen atoms in total. The third-order valence-electron chi connectivity index (χ3n) is 5.52. The summed E-state index contributed by atoms with van der Waals surface area (Å²) in [5.74, 6) is 0.106. The molecule has 0 fully saturated rings. The summed E-state index contributed by atoms with van der Waals surface area (Å²) in [7, 11) is 1.64. The third-order valence-corrected chi connectivity index (χ3v) is 5.52. The highest BCUT2D eigenvalue weighted by Crippen LogP contribution is 2.33. The normalized spacial score (nSPS) is 18.8. The van der Waals surface area contributed by atoms with E-state index in [4.69, 9.17) is 21.9 Å². The molecular formula is C24H28FN7O. The van der Waals surface area contributed by atoms with Crippen molar-refractivity contribution >= 4 is 23.4 Å². The van der Waals surface area contributed by atoms with Crippen LogP contribution in [-0.4, -0.2) is 30.8 Å². The predicted octanol–water partition coefficient (Wildman–Crippen LogP) is 2.89. The van der Waals surface area contributed by atoms with Crippen molar-refractivity contribution in [1.29, 1.82) is 5.26 Å². The van der Waals surface area contributed by atoms with E-state index in [1.807, 2.05) is 6.92 Å². The molecule has 1 aromatic carbocycles. The van der Waals surface area contributed by atoms with Crippen molar-refractivity contribution in [3.63, 3.8) is 0 Å². The lowest BCUT2D eigenvalue weighted by Crippen LogP contribution is -2.27. The van der Waals surface area contributed by atoms with E-state index in [1.54, 1.807) is 38.5 Å². The Bertz CT molecular complexity index is 1180. The molecule has 0 spiro atoms. The van der Waals surface area contributed by atoms with Gasteiger partial charge in [0, 0.05) is 59.7 Å². The number of aromatic nitrogens is 1. The van der Waals surface area contributed by atoms with Gasteiger partial charge in [-0.05, 0) is 43.2 Å². The molecule has 1 aliphatic rings. The van der Waals surface area contributed by atoms with E-state index in [0.29, 0.717) is 51.4 Å².